The molecule has 1 heteroatoms. The van der Waals surface area contributed by atoms with Crippen molar-refractivity contribution in [2.75, 3.05) is 0 Å². The van der Waals surface area contributed by atoms with Gasteiger partial charge in [-0.15, -0.1) is 0 Å². The van der Waals surface area contributed by atoms with Gasteiger partial charge in [-0.25, -0.2) is 0 Å². The van der Waals surface area contributed by atoms with Crippen molar-refractivity contribution < 1.29 is 0 Å². The summed E-state index contributed by atoms with van der Waals surface area (Å²) in [6.07, 6.45) is 13.3. The molecule has 98 valence electrons. The highest BCUT2D eigenvalue weighted by Gasteiger charge is 2.02. The van der Waals surface area contributed by atoms with Crippen LogP contribution < -0.4 is 5.73 Å². The minimum atomic E-state index is 0.467. The molecule has 0 aromatic rings. The molecular formula is C15H33N. The molecule has 0 saturated carbocycles. The van der Waals surface area contributed by atoms with Crippen molar-refractivity contribution >= 4 is 0 Å². The number of nitrogens with two attached hydrogens (primary N) is 1. The molecule has 0 spiro atoms. The van der Waals surface area contributed by atoms with E-state index in [1.807, 2.05) is 0 Å². The Morgan fingerprint density at radius 2 is 1.38 bits per heavy atom. The van der Waals surface area contributed by atoms with Gasteiger partial charge in [0.25, 0.3) is 0 Å². The lowest BCUT2D eigenvalue weighted by atomic mass is 9.99. The largest absolute Gasteiger partial charge is 0.328 e. The standard InChI is InChI=1S/C15H33N/c1-4-6-12-15(16)13-10-8-7-9-11-14(3)5-2/h14-15H,4-13,16H2,1-3H3. The number of unbranched alkanes of at least 4 members (excludes halogenated alkanes) is 4. The van der Waals surface area contributed by atoms with Gasteiger partial charge in [-0.2, -0.15) is 0 Å². The number of rotatable bonds is 11. The fourth-order valence-electron chi connectivity index (χ4n) is 2.07. The molecular weight excluding hydrogens is 194 g/mol. The van der Waals surface area contributed by atoms with E-state index in [9.17, 15) is 0 Å². The average molecular weight is 227 g/mol. The monoisotopic (exact) mass is 227 g/mol. The SMILES string of the molecule is CCCCC(N)CCCCCCC(C)CC. The van der Waals surface area contributed by atoms with Crippen molar-refractivity contribution in [3.63, 3.8) is 0 Å². The molecule has 0 aromatic heterocycles. The minimum absolute atomic E-state index is 0.467. The third-order valence-electron chi connectivity index (χ3n) is 3.65. The Kier molecular flexibility index (Phi) is 11.4. The van der Waals surface area contributed by atoms with Gasteiger partial charge < -0.3 is 5.73 Å². The fourth-order valence-corrected chi connectivity index (χ4v) is 2.07. The van der Waals surface area contributed by atoms with Crippen LogP contribution in [0.1, 0.15) is 85.0 Å². The van der Waals surface area contributed by atoms with Crippen molar-refractivity contribution in [2.24, 2.45) is 11.7 Å². The van der Waals surface area contributed by atoms with E-state index >= 15 is 0 Å². The van der Waals surface area contributed by atoms with Gasteiger partial charge >= 0.3 is 0 Å². The molecule has 2 atom stereocenters. The zero-order valence-corrected chi connectivity index (χ0v) is 11.8. The maximum atomic E-state index is 6.04. The van der Waals surface area contributed by atoms with Crippen LogP contribution in [0.15, 0.2) is 0 Å². The maximum absolute atomic E-state index is 6.04. The van der Waals surface area contributed by atoms with Crippen LogP contribution in [0.5, 0.6) is 0 Å². The molecule has 0 saturated heterocycles. The highest BCUT2D eigenvalue weighted by atomic mass is 14.6. The van der Waals surface area contributed by atoms with E-state index in [0.717, 1.165) is 5.92 Å². The van der Waals surface area contributed by atoms with Crippen LogP contribution in [0.2, 0.25) is 0 Å². The van der Waals surface area contributed by atoms with E-state index in [2.05, 4.69) is 20.8 Å². The van der Waals surface area contributed by atoms with Crippen molar-refractivity contribution in [1.29, 1.82) is 0 Å². The Balaban J connectivity index is 3.14. The van der Waals surface area contributed by atoms with Crippen molar-refractivity contribution in [3.8, 4) is 0 Å². The van der Waals surface area contributed by atoms with Gasteiger partial charge in [0.05, 0.1) is 0 Å². The summed E-state index contributed by atoms with van der Waals surface area (Å²) < 4.78 is 0. The van der Waals surface area contributed by atoms with E-state index in [1.54, 1.807) is 0 Å². The molecule has 0 aliphatic heterocycles. The van der Waals surface area contributed by atoms with Gasteiger partial charge in [0.1, 0.15) is 0 Å². The van der Waals surface area contributed by atoms with Crippen molar-refractivity contribution in [1.82, 2.24) is 0 Å². The van der Waals surface area contributed by atoms with Gasteiger partial charge in [-0.1, -0.05) is 72.1 Å². The van der Waals surface area contributed by atoms with Crippen LogP contribution in [0, 0.1) is 5.92 Å². The Morgan fingerprint density at radius 1 is 0.812 bits per heavy atom. The summed E-state index contributed by atoms with van der Waals surface area (Å²) in [4.78, 5) is 0. The van der Waals surface area contributed by atoms with Gasteiger partial charge in [-0.3, -0.25) is 0 Å². The fraction of sp³-hybridized carbons (Fsp3) is 1.00. The Bertz CT molecular complexity index is 133. The van der Waals surface area contributed by atoms with Crippen LogP contribution in [-0.4, -0.2) is 6.04 Å². The first-order chi connectivity index (χ1) is 7.70. The summed E-state index contributed by atoms with van der Waals surface area (Å²) in [5, 5.41) is 0. The van der Waals surface area contributed by atoms with E-state index in [0.29, 0.717) is 6.04 Å². The van der Waals surface area contributed by atoms with E-state index in [1.165, 1.54) is 64.2 Å². The van der Waals surface area contributed by atoms with Gasteiger partial charge in [0, 0.05) is 6.04 Å². The summed E-state index contributed by atoms with van der Waals surface area (Å²) in [6, 6.07) is 0.467. The molecule has 0 amide bonds. The predicted molar refractivity (Wildman–Crippen MR) is 74.7 cm³/mol. The van der Waals surface area contributed by atoms with Crippen LogP contribution in [0.25, 0.3) is 0 Å². The third-order valence-corrected chi connectivity index (χ3v) is 3.65. The molecule has 1 nitrogen and oxygen atoms in total. The lowest BCUT2D eigenvalue weighted by Crippen LogP contribution is -2.19. The summed E-state index contributed by atoms with van der Waals surface area (Å²) in [5.74, 6) is 0.923. The minimum Gasteiger partial charge on any atom is -0.328 e. The second-order valence-electron chi connectivity index (χ2n) is 5.41. The maximum Gasteiger partial charge on any atom is 0.00388 e. The lowest BCUT2D eigenvalue weighted by molar-refractivity contribution is 0.459. The first-order valence-electron chi connectivity index (χ1n) is 7.46. The molecule has 0 rings (SSSR count). The molecule has 0 aliphatic rings. The predicted octanol–water partition coefficient (Wildman–Crippen LogP) is 4.89. The Hall–Kier alpha value is -0.0400. The highest BCUT2D eigenvalue weighted by molar-refractivity contribution is 4.61. The molecule has 0 fully saturated rings. The molecule has 0 aromatic carbocycles. The zero-order valence-electron chi connectivity index (χ0n) is 11.8. The van der Waals surface area contributed by atoms with E-state index < -0.39 is 0 Å². The molecule has 2 unspecified atom stereocenters. The molecule has 0 radical (unpaired) electrons. The summed E-state index contributed by atoms with van der Waals surface area (Å²) in [7, 11) is 0. The first kappa shape index (κ1) is 16.0. The van der Waals surface area contributed by atoms with Gasteiger partial charge in [-0.05, 0) is 18.8 Å². The highest BCUT2D eigenvalue weighted by Crippen LogP contribution is 2.14. The summed E-state index contributed by atoms with van der Waals surface area (Å²) >= 11 is 0. The Labute approximate surface area is 103 Å². The van der Waals surface area contributed by atoms with Crippen molar-refractivity contribution in [2.45, 2.75) is 91.0 Å². The van der Waals surface area contributed by atoms with E-state index in [-0.39, 0.29) is 0 Å². The molecule has 16 heavy (non-hydrogen) atoms. The zero-order chi connectivity index (χ0) is 12.2. The van der Waals surface area contributed by atoms with Crippen LogP contribution >= 0.6 is 0 Å². The van der Waals surface area contributed by atoms with Gasteiger partial charge in [0.2, 0.25) is 0 Å². The third kappa shape index (κ3) is 10.5. The van der Waals surface area contributed by atoms with Gasteiger partial charge in [0.15, 0.2) is 0 Å². The van der Waals surface area contributed by atoms with Crippen LogP contribution in [-0.2, 0) is 0 Å². The lowest BCUT2D eigenvalue weighted by Gasteiger charge is -2.11. The Morgan fingerprint density at radius 3 is 1.94 bits per heavy atom. The van der Waals surface area contributed by atoms with Crippen LogP contribution in [0.3, 0.4) is 0 Å². The molecule has 2 N–H and O–H groups in total. The smallest absolute Gasteiger partial charge is 0.00388 e. The number of hydrogen-bond acceptors (Lipinski definition) is 1. The second-order valence-corrected chi connectivity index (χ2v) is 5.41. The normalized spacial score (nSPS) is 15.0. The number of hydrogen-bond donors (Lipinski definition) is 1. The second kappa shape index (κ2) is 11.4. The average Bonchev–Trinajstić information content (AvgIpc) is 2.30. The molecule has 0 aliphatic carbocycles. The summed E-state index contributed by atoms with van der Waals surface area (Å²) in [5.41, 5.74) is 6.04. The molecule has 0 heterocycles. The first-order valence-corrected chi connectivity index (χ1v) is 7.46. The van der Waals surface area contributed by atoms with E-state index in [4.69, 9.17) is 5.73 Å². The molecule has 0 bridgehead atoms. The van der Waals surface area contributed by atoms with Crippen LogP contribution in [0.4, 0.5) is 0 Å². The summed E-state index contributed by atoms with van der Waals surface area (Å²) in [6.45, 7) is 6.89. The van der Waals surface area contributed by atoms with Crippen molar-refractivity contribution in [3.05, 3.63) is 0 Å². The topological polar surface area (TPSA) is 26.0 Å². The quantitative estimate of drug-likeness (QED) is 0.500.